The van der Waals surface area contributed by atoms with Crippen LogP contribution in [0.3, 0.4) is 0 Å². The molecule has 5 heteroatoms. The molecule has 1 amide bonds. The predicted octanol–water partition coefficient (Wildman–Crippen LogP) is 4.75. The number of hydrogen-bond donors (Lipinski definition) is 0. The Labute approximate surface area is 141 Å². The summed E-state index contributed by atoms with van der Waals surface area (Å²) in [5, 5.41) is 0. The van der Waals surface area contributed by atoms with Gasteiger partial charge in [0, 0.05) is 16.8 Å². The van der Waals surface area contributed by atoms with Gasteiger partial charge in [0.2, 0.25) is 0 Å². The van der Waals surface area contributed by atoms with Crippen LogP contribution in [0.2, 0.25) is 0 Å². The normalized spacial score (nSPS) is 10.3. The molecule has 0 atom stereocenters. The maximum absolute atomic E-state index is 12.0. The highest BCUT2D eigenvalue weighted by Gasteiger charge is 2.17. The number of amides is 1. The minimum atomic E-state index is -0.372. The van der Waals surface area contributed by atoms with Gasteiger partial charge in [0.25, 0.3) is 0 Å². The van der Waals surface area contributed by atoms with Gasteiger partial charge in [0.05, 0.1) is 19.4 Å². The second kappa shape index (κ2) is 7.92. The molecule has 0 N–H and O–H groups in total. The number of anilines is 1. The molecule has 0 heterocycles. The fraction of sp³-hybridized carbons (Fsp3) is 0.278. The minimum Gasteiger partial charge on any atom is -0.497 e. The second-order valence-corrected chi connectivity index (χ2v) is 6.12. The van der Waals surface area contributed by atoms with Crippen LogP contribution >= 0.6 is 11.8 Å². The molecule has 0 spiro atoms. The fourth-order valence-electron chi connectivity index (χ4n) is 2.03. The Bertz CT molecular complexity index is 670. The fourth-order valence-corrected chi connectivity index (χ4v) is 3.04. The van der Waals surface area contributed by atoms with E-state index < -0.39 is 0 Å². The number of ether oxygens (including phenoxy) is 2. The molecule has 23 heavy (non-hydrogen) atoms. The van der Waals surface area contributed by atoms with Gasteiger partial charge < -0.3 is 9.47 Å². The monoisotopic (exact) mass is 331 g/mol. The van der Waals surface area contributed by atoms with Crippen LogP contribution in [0.5, 0.6) is 5.75 Å². The first-order chi connectivity index (χ1) is 11.0. The Kier molecular flexibility index (Phi) is 5.93. The van der Waals surface area contributed by atoms with Crippen molar-refractivity contribution in [2.75, 3.05) is 25.7 Å². The van der Waals surface area contributed by atoms with Crippen molar-refractivity contribution in [1.82, 2.24) is 0 Å². The third-order valence-electron chi connectivity index (χ3n) is 3.32. The average Bonchev–Trinajstić information content (AvgIpc) is 2.56. The molecule has 0 saturated heterocycles. The van der Waals surface area contributed by atoms with Crippen molar-refractivity contribution in [2.45, 2.75) is 23.6 Å². The first kappa shape index (κ1) is 17.2. The summed E-state index contributed by atoms with van der Waals surface area (Å²) < 4.78 is 10.4. The van der Waals surface area contributed by atoms with E-state index in [2.05, 4.69) is 31.2 Å². The van der Waals surface area contributed by atoms with E-state index in [1.54, 1.807) is 32.8 Å². The standard InChI is InChI=1S/C18H21NO3S/c1-5-22-18(20)19(3)16-11-8-14(21-4)12-17(16)23-15-9-6-13(2)7-10-15/h6-12H,5H2,1-4H3. The minimum absolute atomic E-state index is 0.347. The highest BCUT2D eigenvalue weighted by molar-refractivity contribution is 7.99. The van der Waals surface area contributed by atoms with Gasteiger partial charge in [-0.15, -0.1) is 0 Å². The Morgan fingerprint density at radius 1 is 1.17 bits per heavy atom. The third-order valence-corrected chi connectivity index (χ3v) is 4.37. The van der Waals surface area contributed by atoms with Crippen molar-refractivity contribution in [2.24, 2.45) is 0 Å². The zero-order valence-corrected chi connectivity index (χ0v) is 14.6. The van der Waals surface area contributed by atoms with Crippen molar-refractivity contribution in [3.8, 4) is 5.75 Å². The Morgan fingerprint density at radius 2 is 1.87 bits per heavy atom. The molecule has 0 fully saturated rings. The smallest absolute Gasteiger partial charge is 0.414 e. The third kappa shape index (κ3) is 4.42. The highest BCUT2D eigenvalue weighted by Crippen LogP contribution is 2.37. The first-order valence-corrected chi connectivity index (χ1v) is 8.19. The largest absolute Gasteiger partial charge is 0.497 e. The van der Waals surface area contributed by atoms with Crippen molar-refractivity contribution >= 4 is 23.5 Å². The lowest BCUT2D eigenvalue weighted by Gasteiger charge is -2.20. The number of methoxy groups -OCH3 is 1. The van der Waals surface area contributed by atoms with Crippen molar-refractivity contribution in [1.29, 1.82) is 0 Å². The summed E-state index contributed by atoms with van der Waals surface area (Å²) in [5.74, 6) is 0.751. The first-order valence-electron chi connectivity index (χ1n) is 7.38. The van der Waals surface area contributed by atoms with Gasteiger partial charge in [-0.3, -0.25) is 4.90 Å². The maximum Gasteiger partial charge on any atom is 0.414 e. The van der Waals surface area contributed by atoms with E-state index >= 15 is 0 Å². The maximum atomic E-state index is 12.0. The van der Waals surface area contributed by atoms with E-state index in [1.165, 1.54) is 10.5 Å². The molecule has 2 rings (SSSR count). The summed E-state index contributed by atoms with van der Waals surface area (Å²) in [6.45, 7) is 4.20. The van der Waals surface area contributed by atoms with E-state index in [0.717, 1.165) is 21.2 Å². The number of rotatable bonds is 5. The molecule has 2 aromatic rings. The van der Waals surface area contributed by atoms with Crippen LogP contribution in [0.1, 0.15) is 12.5 Å². The summed E-state index contributed by atoms with van der Waals surface area (Å²) in [6, 6.07) is 13.9. The average molecular weight is 331 g/mol. The Hall–Kier alpha value is -2.14. The summed E-state index contributed by atoms with van der Waals surface area (Å²) >= 11 is 1.59. The molecule has 0 bridgehead atoms. The lowest BCUT2D eigenvalue weighted by molar-refractivity contribution is 0.161. The second-order valence-electron chi connectivity index (χ2n) is 5.01. The summed E-state index contributed by atoms with van der Waals surface area (Å²) in [7, 11) is 3.34. The number of benzene rings is 2. The lowest BCUT2D eigenvalue weighted by Crippen LogP contribution is -2.27. The Morgan fingerprint density at radius 3 is 2.48 bits per heavy atom. The van der Waals surface area contributed by atoms with Crippen molar-refractivity contribution < 1.29 is 14.3 Å². The van der Waals surface area contributed by atoms with E-state index in [-0.39, 0.29) is 6.09 Å². The zero-order chi connectivity index (χ0) is 16.8. The van der Waals surface area contributed by atoms with E-state index in [1.807, 2.05) is 18.2 Å². The number of carbonyl (C=O) groups is 1. The van der Waals surface area contributed by atoms with Crippen LogP contribution < -0.4 is 9.64 Å². The zero-order valence-electron chi connectivity index (χ0n) is 13.8. The van der Waals surface area contributed by atoms with Gasteiger partial charge in [-0.25, -0.2) is 4.79 Å². The van der Waals surface area contributed by atoms with E-state index in [0.29, 0.717) is 6.61 Å². The van der Waals surface area contributed by atoms with Gasteiger partial charge in [0.1, 0.15) is 5.75 Å². The van der Waals surface area contributed by atoms with E-state index in [4.69, 9.17) is 9.47 Å². The number of nitrogens with zero attached hydrogens (tertiary/aromatic N) is 1. The molecule has 0 saturated carbocycles. The van der Waals surface area contributed by atoms with Crippen LogP contribution in [0, 0.1) is 6.92 Å². The molecule has 0 aliphatic heterocycles. The van der Waals surface area contributed by atoms with Gasteiger partial charge >= 0.3 is 6.09 Å². The molecule has 4 nitrogen and oxygen atoms in total. The molecule has 0 radical (unpaired) electrons. The molecule has 0 aliphatic carbocycles. The molecular formula is C18H21NO3S. The highest BCUT2D eigenvalue weighted by atomic mass is 32.2. The molecule has 122 valence electrons. The molecular weight excluding hydrogens is 310 g/mol. The van der Waals surface area contributed by atoms with Crippen LogP contribution in [0.25, 0.3) is 0 Å². The van der Waals surface area contributed by atoms with Gasteiger partial charge in [-0.2, -0.15) is 0 Å². The van der Waals surface area contributed by atoms with Gasteiger partial charge in [-0.05, 0) is 44.2 Å². The molecule has 0 aromatic heterocycles. The summed E-state index contributed by atoms with van der Waals surface area (Å²) in [6.07, 6.45) is -0.372. The molecule has 2 aromatic carbocycles. The van der Waals surface area contributed by atoms with Gasteiger partial charge in [0.15, 0.2) is 0 Å². The summed E-state index contributed by atoms with van der Waals surface area (Å²) in [4.78, 5) is 15.6. The van der Waals surface area contributed by atoms with Crippen LogP contribution in [-0.2, 0) is 4.74 Å². The summed E-state index contributed by atoms with van der Waals surface area (Å²) in [5.41, 5.74) is 2.00. The molecule has 0 unspecified atom stereocenters. The van der Waals surface area contributed by atoms with Gasteiger partial charge in [-0.1, -0.05) is 29.5 Å². The number of carbonyl (C=O) groups excluding carboxylic acids is 1. The SMILES string of the molecule is CCOC(=O)N(C)c1ccc(OC)cc1Sc1ccc(C)cc1. The van der Waals surface area contributed by atoms with Crippen LogP contribution in [0.15, 0.2) is 52.3 Å². The predicted molar refractivity (Wildman–Crippen MR) is 93.7 cm³/mol. The van der Waals surface area contributed by atoms with E-state index in [9.17, 15) is 4.79 Å². The number of aryl methyl sites for hydroxylation is 1. The Balaban J connectivity index is 2.34. The van der Waals surface area contributed by atoms with Crippen LogP contribution in [-0.4, -0.2) is 26.9 Å². The molecule has 0 aliphatic rings. The number of hydrogen-bond acceptors (Lipinski definition) is 4. The lowest BCUT2D eigenvalue weighted by atomic mass is 10.2. The quantitative estimate of drug-likeness (QED) is 0.793. The topological polar surface area (TPSA) is 38.8 Å². The van der Waals surface area contributed by atoms with Crippen molar-refractivity contribution in [3.63, 3.8) is 0 Å². The van der Waals surface area contributed by atoms with Crippen molar-refractivity contribution in [3.05, 3.63) is 48.0 Å². The van der Waals surface area contributed by atoms with Crippen LogP contribution in [0.4, 0.5) is 10.5 Å².